The smallest absolute Gasteiger partial charge is 0.298 e. The van der Waals surface area contributed by atoms with Crippen LogP contribution in [0, 0.1) is 28.7 Å². The summed E-state index contributed by atoms with van der Waals surface area (Å²) in [6.45, 7) is 1.53. The summed E-state index contributed by atoms with van der Waals surface area (Å²) in [6.07, 6.45) is 0. The first kappa shape index (κ1) is 13.5. The molecule has 8 nitrogen and oxygen atoms in total. The zero-order chi connectivity index (χ0) is 14.9. The molecule has 0 atom stereocenters. The third-order valence-corrected chi connectivity index (χ3v) is 2.27. The zero-order valence-corrected chi connectivity index (χ0v) is 9.98. The molecule has 0 saturated heterocycles. The number of hydrogen-bond donors (Lipinski definition) is 2. The topological polar surface area (TPSA) is 114 Å². The highest BCUT2D eigenvalue weighted by molar-refractivity contribution is 6.02. The lowest BCUT2D eigenvalue weighted by atomic mass is 10.2. The second kappa shape index (κ2) is 4.99. The molecule has 1 heterocycles. The Kier molecular flexibility index (Phi) is 3.37. The molecule has 0 aliphatic rings. The van der Waals surface area contributed by atoms with Gasteiger partial charge in [-0.25, -0.2) is 13.8 Å². The summed E-state index contributed by atoms with van der Waals surface area (Å²) >= 11 is 0. The van der Waals surface area contributed by atoms with Crippen LogP contribution in [0.5, 0.6) is 0 Å². The molecule has 0 radical (unpaired) electrons. The van der Waals surface area contributed by atoms with Crippen LogP contribution in [0.2, 0.25) is 0 Å². The number of anilines is 1. The van der Waals surface area contributed by atoms with Gasteiger partial charge in [0.15, 0.2) is 11.5 Å². The summed E-state index contributed by atoms with van der Waals surface area (Å²) in [4.78, 5) is 25.1. The molecular formula is C10H7F2N5O3. The molecule has 0 spiro atoms. The monoisotopic (exact) mass is 283 g/mol. The van der Waals surface area contributed by atoms with Crippen molar-refractivity contribution in [3.05, 3.63) is 45.5 Å². The standard InChI is InChI=1S/C10H7F2N5O3/c1-4-13-9(16-15-4)10(18)14-8-6(12)2-5(11)3-7(8)17(19)20/h2-3H,1H3,(H,14,18)(H,13,15,16). The van der Waals surface area contributed by atoms with Gasteiger partial charge in [-0.2, -0.15) is 0 Å². The van der Waals surface area contributed by atoms with Gasteiger partial charge in [0, 0.05) is 6.07 Å². The minimum absolute atomic E-state index is 0.319. The Hall–Kier alpha value is -2.91. The molecule has 2 rings (SSSR count). The first-order chi connectivity index (χ1) is 9.38. The lowest BCUT2D eigenvalue weighted by Crippen LogP contribution is -2.16. The molecule has 1 aromatic heterocycles. The molecule has 1 aromatic carbocycles. The molecule has 2 aromatic rings. The number of nitro benzene ring substituents is 1. The zero-order valence-electron chi connectivity index (χ0n) is 9.98. The van der Waals surface area contributed by atoms with Crippen molar-refractivity contribution in [2.24, 2.45) is 0 Å². The Balaban J connectivity index is 2.38. The van der Waals surface area contributed by atoms with Crippen molar-refractivity contribution in [3.63, 3.8) is 0 Å². The average Bonchev–Trinajstić information content (AvgIpc) is 2.78. The number of aromatic amines is 1. The minimum Gasteiger partial charge on any atom is -0.311 e. The van der Waals surface area contributed by atoms with E-state index in [1.165, 1.54) is 6.92 Å². The number of halogens is 2. The fraction of sp³-hybridized carbons (Fsp3) is 0.100. The Morgan fingerprint density at radius 1 is 1.45 bits per heavy atom. The summed E-state index contributed by atoms with van der Waals surface area (Å²) in [5.74, 6) is -3.33. The second-order valence-electron chi connectivity index (χ2n) is 3.74. The largest absolute Gasteiger partial charge is 0.311 e. The maximum atomic E-state index is 13.5. The molecular weight excluding hydrogens is 276 g/mol. The van der Waals surface area contributed by atoms with E-state index < -0.39 is 33.8 Å². The Morgan fingerprint density at radius 2 is 2.15 bits per heavy atom. The van der Waals surface area contributed by atoms with Gasteiger partial charge in [0.25, 0.3) is 11.6 Å². The minimum atomic E-state index is -1.27. The number of nitrogens with one attached hydrogen (secondary N) is 2. The van der Waals surface area contributed by atoms with Gasteiger partial charge < -0.3 is 5.32 Å². The number of benzene rings is 1. The highest BCUT2D eigenvalue weighted by Crippen LogP contribution is 2.28. The van der Waals surface area contributed by atoms with E-state index in [1.54, 1.807) is 0 Å². The number of aromatic nitrogens is 3. The second-order valence-corrected chi connectivity index (χ2v) is 3.74. The molecule has 0 fully saturated rings. The van der Waals surface area contributed by atoms with E-state index in [1.807, 2.05) is 5.32 Å². The lowest BCUT2D eigenvalue weighted by Gasteiger charge is -2.05. The quantitative estimate of drug-likeness (QED) is 0.655. The number of nitrogens with zero attached hydrogens (tertiary/aromatic N) is 3. The van der Waals surface area contributed by atoms with Crippen molar-refractivity contribution in [2.75, 3.05) is 5.32 Å². The maximum absolute atomic E-state index is 13.5. The third-order valence-electron chi connectivity index (χ3n) is 2.27. The fourth-order valence-corrected chi connectivity index (χ4v) is 1.44. The Bertz CT molecular complexity index is 700. The molecule has 104 valence electrons. The summed E-state index contributed by atoms with van der Waals surface area (Å²) in [5, 5.41) is 18.6. The van der Waals surface area contributed by atoms with Crippen molar-refractivity contribution >= 4 is 17.3 Å². The van der Waals surface area contributed by atoms with Gasteiger partial charge >= 0.3 is 0 Å². The first-order valence-electron chi connectivity index (χ1n) is 5.22. The molecule has 1 amide bonds. The third kappa shape index (κ3) is 2.58. The van der Waals surface area contributed by atoms with E-state index in [-0.39, 0.29) is 5.82 Å². The van der Waals surface area contributed by atoms with Gasteiger partial charge in [0.1, 0.15) is 11.6 Å². The van der Waals surface area contributed by atoms with Gasteiger partial charge in [0.05, 0.1) is 11.0 Å². The first-order valence-corrected chi connectivity index (χ1v) is 5.22. The van der Waals surface area contributed by atoms with Crippen molar-refractivity contribution in [1.82, 2.24) is 15.2 Å². The van der Waals surface area contributed by atoms with Crippen molar-refractivity contribution < 1.29 is 18.5 Å². The van der Waals surface area contributed by atoms with Gasteiger partial charge in [0.2, 0.25) is 5.82 Å². The maximum Gasteiger partial charge on any atom is 0.298 e. The van der Waals surface area contributed by atoms with Crippen molar-refractivity contribution in [3.8, 4) is 0 Å². The van der Waals surface area contributed by atoms with Crippen LogP contribution in [0.4, 0.5) is 20.2 Å². The van der Waals surface area contributed by atoms with Crippen LogP contribution in [0.1, 0.15) is 16.4 Å². The van der Waals surface area contributed by atoms with E-state index in [0.717, 1.165) is 0 Å². The highest BCUT2D eigenvalue weighted by atomic mass is 19.1. The fourth-order valence-electron chi connectivity index (χ4n) is 1.44. The number of nitro groups is 1. The van der Waals surface area contributed by atoms with Gasteiger partial charge in [-0.3, -0.25) is 20.0 Å². The van der Waals surface area contributed by atoms with Crippen LogP contribution in [0.3, 0.4) is 0 Å². The van der Waals surface area contributed by atoms with E-state index in [4.69, 9.17) is 0 Å². The Morgan fingerprint density at radius 3 is 2.70 bits per heavy atom. The predicted octanol–water partition coefficient (Wildman–Crippen LogP) is 1.55. The van der Waals surface area contributed by atoms with Crippen LogP contribution < -0.4 is 5.32 Å². The number of aryl methyl sites for hydroxylation is 1. The number of hydrogen-bond acceptors (Lipinski definition) is 5. The molecule has 10 heteroatoms. The van der Waals surface area contributed by atoms with E-state index >= 15 is 0 Å². The molecule has 20 heavy (non-hydrogen) atoms. The molecule has 0 unspecified atom stereocenters. The molecule has 0 aliphatic heterocycles. The van der Waals surface area contributed by atoms with Crippen molar-refractivity contribution in [2.45, 2.75) is 6.92 Å². The average molecular weight is 283 g/mol. The van der Waals surface area contributed by atoms with Crippen LogP contribution >= 0.6 is 0 Å². The summed E-state index contributed by atoms with van der Waals surface area (Å²) in [7, 11) is 0. The normalized spacial score (nSPS) is 10.3. The molecule has 2 N–H and O–H groups in total. The summed E-state index contributed by atoms with van der Waals surface area (Å²) in [6, 6.07) is 0.924. The molecule has 0 saturated carbocycles. The SMILES string of the molecule is Cc1nc(C(=O)Nc2c(F)cc(F)cc2[N+](=O)[O-])n[nH]1. The van der Waals surface area contributed by atoms with Crippen LogP contribution in [0.25, 0.3) is 0 Å². The molecule has 0 aliphatic carbocycles. The number of amides is 1. The number of rotatable bonds is 3. The van der Waals surface area contributed by atoms with E-state index in [2.05, 4.69) is 15.2 Å². The van der Waals surface area contributed by atoms with E-state index in [0.29, 0.717) is 18.0 Å². The molecule has 0 bridgehead atoms. The van der Waals surface area contributed by atoms with Gasteiger partial charge in [-0.15, -0.1) is 5.10 Å². The number of carbonyl (C=O) groups is 1. The van der Waals surface area contributed by atoms with E-state index in [9.17, 15) is 23.7 Å². The highest BCUT2D eigenvalue weighted by Gasteiger charge is 2.24. The number of carbonyl (C=O) groups excluding carboxylic acids is 1. The van der Waals surface area contributed by atoms with Gasteiger partial charge in [-0.05, 0) is 6.92 Å². The van der Waals surface area contributed by atoms with Crippen LogP contribution in [0.15, 0.2) is 12.1 Å². The van der Waals surface area contributed by atoms with Crippen LogP contribution in [-0.4, -0.2) is 26.0 Å². The van der Waals surface area contributed by atoms with Gasteiger partial charge in [-0.1, -0.05) is 0 Å². The summed E-state index contributed by atoms with van der Waals surface area (Å²) < 4.78 is 26.5. The predicted molar refractivity (Wildman–Crippen MR) is 62.1 cm³/mol. The van der Waals surface area contributed by atoms with Crippen molar-refractivity contribution in [1.29, 1.82) is 0 Å². The Labute approximate surface area is 110 Å². The lowest BCUT2D eigenvalue weighted by molar-refractivity contribution is -0.384. The summed E-state index contributed by atoms with van der Waals surface area (Å²) in [5.41, 5.74) is -1.65. The number of H-pyrrole nitrogens is 1. The van der Waals surface area contributed by atoms with Crippen LogP contribution in [-0.2, 0) is 0 Å².